The van der Waals surface area contributed by atoms with Crippen molar-refractivity contribution in [1.29, 1.82) is 0 Å². The van der Waals surface area contributed by atoms with Crippen LogP contribution >= 0.6 is 27.3 Å². The Labute approximate surface area is 143 Å². The van der Waals surface area contributed by atoms with Crippen LogP contribution in [0.5, 0.6) is 11.5 Å². The number of hydrogen-bond donors (Lipinski definition) is 0. The molecule has 8 heteroatoms. The quantitative estimate of drug-likeness (QED) is 0.666. The van der Waals surface area contributed by atoms with Gasteiger partial charge in [0.15, 0.2) is 26.7 Å². The Morgan fingerprint density at radius 2 is 2.13 bits per heavy atom. The Morgan fingerprint density at radius 3 is 2.83 bits per heavy atom. The van der Waals surface area contributed by atoms with Crippen LogP contribution in [0.1, 0.15) is 17.5 Å². The van der Waals surface area contributed by atoms with E-state index >= 15 is 0 Å². The monoisotopic (exact) mass is 394 g/mol. The van der Waals surface area contributed by atoms with Crippen LogP contribution in [0.4, 0.5) is 0 Å². The molecule has 1 aliphatic heterocycles. The number of furan rings is 1. The normalized spacial score (nSPS) is 13.9. The molecular formula is C15H11BrN2O4S. The predicted octanol–water partition coefficient (Wildman–Crippen LogP) is 3.55. The number of amides is 1. The first-order valence-electron chi connectivity index (χ1n) is 6.93. The van der Waals surface area contributed by atoms with E-state index in [0.717, 1.165) is 16.0 Å². The van der Waals surface area contributed by atoms with Crippen LogP contribution in [-0.4, -0.2) is 17.3 Å². The van der Waals surface area contributed by atoms with Crippen LogP contribution in [0.2, 0.25) is 0 Å². The second kappa shape index (κ2) is 5.54. The Hall–Kier alpha value is -2.06. The molecule has 2 aromatic heterocycles. The molecule has 3 heterocycles. The highest BCUT2D eigenvalue weighted by Gasteiger charge is 2.18. The number of nitrogens with zero attached hydrogens (tertiary/aromatic N) is 2. The lowest BCUT2D eigenvalue weighted by Crippen LogP contribution is -2.15. The van der Waals surface area contributed by atoms with Crippen LogP contribution in [0.15, 0.2) is 38.3 Å². The number of aromatic nitrogens is 1. The lowest BCUT2D eigenvalue weighted by atomic mass is 10.3. The molecule has 118 valence electrons. The molecule has 0 N–H and O–H groups in total. The fraction of sp³-hybridized carbons (Fsp3) is 0.200. The summed E-state index contributed by atoms with van der Waals surface area (Å²) in [5.74, 6) is 1.22. The number of aryl methyl sites for hydroxylation is 1. The van der Waals surface area contributed by atoms with Gasteiger partial charge >= 0.3 is 5.91 Å². The average Bonchev–Trinajstić information content (AvgIpc) is 3.22. The van der Waals surface area contributed by atoms with E-state index in [9.17, 15) is 4.79 Å². The molecule has 0 bridgehead atoms. The molecule has 0 saturated carbocycles. The highest BCUT2D eigenvalue weighted by atomic mass is 79.9. The van der Waals surface area contributed by atoms with Gasteiger partial charge in [-0.2, -0.15) is 4.99 Å². The molecule has 23 heavy (non-hydrogen) atoms. The highest BCUT2D eigenvalue weighted by Crippen LogP contribution is 2.36. The molecule has 3 aromatic rings. The van der Waals surface area contributed by atoms with Crippen LogP contribution < -0.4 is 14.3 Å². The Balaban J connectivity index is 1.86. The summed E-state index contributed by atoms with van der Waals surface area (Å²) in [7, 11) is 0. The number of hydrogen-bond acceptors (Lipinski definition) is 5. The van der Waals surface area contributed by atoms with E-state index in [-0.39, 0.29) is 12.6 Å². The zero-order chi connectivity index (χ0) is 16.0. The van der Waals surface area contributed by atoms with Crippen molar-refractivity contribution in [1.82, 2.24) is 4.57 Å². The van der Waals surface area contributed by atoms with Crippen molar-refractivity contribution in [3.05, 3.63) is 39.5 Å². The lowest BCUT2D eigenvalue weighted by molar-refractivity contribution is 0.0970. The second-order valence-electron chi connectivity index (χ2n) is 4.82. The van der Waals surface area contributed by atoms with Gasteiger partial charge in [-0.3, -0.25) is 4.79 Å². The first kappa shape index (κ1) is 14.5. The molecule has 1 aromatic carbocycles. The maximum atomic E-state index is 12.2. The van der Waals surface area contributed by atoms with E-state index < -0.39 is 5.91 Å². The summed E-state index contributed by atoms with van der Waals surface area (Å²) < 4.78 is 19.5. The first-order valence-corrected chi connectivity index (χ1v) is 8.54. The molecule has 0 radical (unpaired) electrons. The Bertz CT molecular complexity index is 985. The van der Waals surface area contributed by atoms with Gasteiger partial charge in [0, 0.05) is 18.7 Å². The van der Waals surface area contributed by atoms with Gasteiger partial charge in [0.2, 0.25) is 6.79 Å². The molecule has 1 amide bonds. The molecule has 1 aliphatic rings. The van der Waals surface area contributed by atoms with Crippen molar-refractivity contribution in [3.63, 3.8) is 0 Å². The number of carbonyl (C=O) groups is 1. The van der Waals surface area contributed by atoms with Crippen molar-refractivity contribution in [2.24, 2.45) is 4.99 Å². The van der Waals surface area contributed by atoms with E-state index in [4.69, 9.17) is 13.9 Å². The zero-order valence-electron chi connectivity index (χ0n) is 12.0. The Morgan fingerprint density at radius 1 is 1.35 bits per heavy atom. The standard InChI is InChI=1S/C15H11BrN2O4S/c1-2-18-8-5-10-11(21-7-20-10)6-12(8)23-15(18)17-14(19)9-3-4-13(16)22-9/h3-6H,2,7H2,1H3. The van der Waals surface area contributed by atoms with Crippen LogP contribution in [0, 0.1) is 0 Å². The maximum Gasteiger partial charge on any atom is 0.315 e. The van der Waals surface area contributed by atoms with Gasteiger partial charge in [-0.1, -0.05) is 11.3 Å². The van der Waals surface area contributed by atoms with Crippen LogP contribution in [0.25, 0.3) is 10.2 Å². The van der Waals surface area contributed by atoms with E-state index in [1.54, 1.807) is 12.1 Å². The molecule has 4 rings (SSSR count). The molecule has 0 aliphatic carbocycles. The predicted molar refractivity (Wildman–Crippen MR) is 87.9 cm³/mol. The van der Waals surface area contributed by atoms with Crippen molar-refractivity contribution >= 4 is 43.4 Å². The zero-order valence-corrected chi connectivity index (χ0v) is 14.4. The van der Waals surface area contributed by atoms with Crippen molar-refractivity contribution in [2.75, 3.05) is 6.79 Å². The summed E-state index contributed by atoms with van der Waals surface area (Å²) in [6, 6.07) is 7.10. The summed E-state index contributed by atoms with van der Waals surface area (Å²) in [6.07, 6.45) is 0. The van der Waals surface area contributed by atoms with Crippen LogP contribution in [0.3, 0.4) is 0 Å². The summed E-state index contributed by atoms with van der Waals surface area (Å²) in [4.78, 5) is 17.1. The third-order valence-electron chi connectivity index (χ3n) is 3.47. The number of carbonyl (C=O) groups excluding carboxylic acids is 1. The largest absolute Gasteiger partial charge is 0.454 e. The molecular weight excluding hydrogens is 384 g/mol. The van der Waals surface area contributed by atoms with Gasteiger partial charge in [0.1, 0.15) is 0 Å². The summed E-state index contributed by atoms with van der Waals surface area (Å²) in [6.45, 7) is 2.93. The molecule has 6 nitrogen and oxygen atoms in total. The minimum Gasteiger partial charge on any atom is -0.454 e. The summed E-state index contributed by atoms with van der Waals surface area (Å²) >= 11 is 4.61. The lowest BCUT2D eigenvalue weighted by Gasteiger charge is -2.01. The van der Waals surface area contributed by atoms with Gasteiger partial charge in [-0.15, -0.1) is 0 Å². The fourth-order valence-corrected chi connectivity index (χ4v) is 3.83. The van der Waals surface area contributed by atoms with E-state index in [2.05, 4.69) is 20.9 Å². The van der Waals surface area contributed by atoms with Crippen LogP contribution in [-0.2, 0) is 6.54 Å². The van der Waals surface area contributed by atoms with Gasteiger partial charge in [-0.25, -0.2) is 0 Å². The third-order valence-corrected chi connectivity index (χ3v) is 4.94. The smallest absolute Gasteiger partial charge is 0.315 e. The van der Waals surface area contributed by atoms with Gasteiger partial charge < -0.3 is 18.5 Å². The number of benzene rings is 1. The minimum absolute atomic E-state index is 0.200. The topological polar surface area (TPSA) is 66.0 Å². The number of rotatable bonds is 2. The van der Waals surface area contributed by atoms with Gasteiger partial charge in [0.25, 0.3) is 0 Å². The molecule has 0 atom stereocenters. The molecule has 0 fully saturated rings. The van der Waals surface area contributed by atoms with Crippen molar-refractivity contribution in [2.45, 2.75) is 13.5 Å². The van der Waals surface area contributed by atoms with Crippen molar-refractivity contribution in [3.8, 4) is 11.5 Å². The molecule has 0 saturated heterocycles. The highest BCUT2D eigenvalue weighted by molar-refractivity contribution is 9.10. The number of halogens is 1. The third kappa shape index (κ3) is 2.47. The number of fused-ring (bicyclic) bond motifs is 2. The molecule has 0 spiro atoms. The first-order chi connectivity index (χ1) is 11.2. The maximum absolute atomic E-state index is 12.2. The van der Waals surface area contributed by atoms with E-state index in [1.165, 1.54) is 11.3 Å². The van der Waals surface area contributed by atoms with E-state index in [0.29, 0.717) is 21.8 Å². The second-order valence-corrected chi connectivity index (χ2v) is 6.61. The summed E-state index contributed by atoms with van der Waals surface area (Å²) in [5.41, 5.74) is 0.967. The SMILES string of the molecule is CCn1c(=NC(=O)c2ccc(Br)o2)sc2cc3c(cc21)OCO3. The Kier molecular flexibility index (Phi) is 3.50. The number of ether oxygens (including phenoxy) is 2. The van der Waals surface area contributed by atoms with Crippen molar-refractivity contribution < 1.29 is 18.7 Å². The molecule has 0 unspecified atom stereocenters. The summed E-state index contributed by atoms with van der Waals surface area (Å²) in [5, 5.41) is 0. The van der Waals surface area contributed by atoms with Gasteiger partial charge in [0.05, 0.1) is 10.2 Å². The minimum atomic E-state index is -0.413. The fourth-order valence-electron chi connectivity index (χ4n) is 2.42. The average molecular weight is 395 g/mol. The number of thiazole rings is 1. The van der Waals surface area contributed by atoms with Gasteiger partial charge in [-0.05, 0) is 35.0 Å². The van der Waals surface area contributed by atoms with E-state index in [1.807, 2.05) is 23.6 Å².